The Labute approximate surface area is 132 Å². The highest BCUT2D eigenvalue weighted by Gasteiger charge is 2.30. The molecule has 0 heterocycles. The lowest BCUT2D eigenvalue weighted by atomic mass is 10.1. The van der Waals surface area contributed by atoms with Gasteiger partial charge in [-0.25, -0.2) is 4.39 Å². The Morgan fingerprint density at radius 3 is 2.41 bits per heavy atom. The first kappa shape index (κ1) is 17.0. The highest BCUT2D eigenvalue weighted by atomic mass is 35.5. The molecule has 0 aliphatic carbocycles. The summed E-state index contributed by atoms with van der Waals surface area (Å²) < 4.78 is 62.8. The number of hydrogen-bond acceptors (Lipinski definition) is 1. The van der Waals surface area contributed by atoms with Gasteiger partial charge in [0, 0.05) is 21.6 Å². The molecular weight excluding hydrogens is 340 g/mol. The van der Waals surface area contributed by atoms with Crippen LogP contribution in [0.15, 0.2) is 42.5 Å². The van der Waals surface area contributed by atoms with Crippen LogP contribution in [0.1, 0.15) is 16.7 Å². The summed E-state index contributed by atoms with van der Waals surface area (Å²) in [6, 6.07) is 8.43. The van der Waals surface area contributed by atoms with Crippen LogP contribution in [0.2, 0.25) is 5.02 Å². The van der Waals surface area contributed by atoms with Gasteiger partial charge < -0.3 is 0 Å². The van der Waals surface area contributed by atoms with Gasteiger partial charge in [-0.3, -0.25) is 4.21 Å². The first-order chi connectivity index (χ1) is 10.3. The molecular formula is C15H11ClF4OS. The van der Waals surface area contributed by atoms with Crippen molar-refractivity contribution >= 4 is 22.4 Å². The molecule has 7 heteroatoms. The lowest BCUT2D eigenvalue weighted by Crippen LogP contribution is -2.06. The first-order valence-corrected chi connectivity index (χ1v) is 8.07. The van der Waals surface area contributed by atoms with Gasteiger partial charge in [-0.1, -0.05) is 35.9 Å². The van der Waals surface area contributed by atoms with Crippen LogP contribution >= 0.6 is 11.6 Å². The number of alkyl halides is 3. The Morgan fingerprint density at radius 2 is 1.77 bits per heavy atom. The Bertz CT molecular complexity index is 700. The van der Waals surface area contributed by atoms with Crippen LogP contribution in [-0.2, 0) is 28.5 Å². The lowest BCUT2D eigenvalue weighted by molar-refractivity contribution is -0.137. The standard InChI is InChI=1S/C15H11ClF4OS/c16-14-7-13(17)5-4-11(14)9-22(21)8-10-2-1-3-12(6-10)15(18,19)20/h1-7H,8-9H2. The monoisotopic (exact) mass is 350 g/mol. The fourth-order valence-corrected chi connectivity index (χ4v) is 3.45. The predicted octanol–water partition coefficient (Wildman–Crippen LogP) is 4.95. The SMILES string of the molecule is O=S(Cc1cccc(C(F)(F)F)c1)Cc1ccc(F)cc1Cl. The maximum Gasteiger partial charge on any atom is 0.416 e. The summed E-state index contributed by atoms with van der Waals surface area (Å²) in [4.78, 5) is 0. The summed E-state index contributed by atoms with van der Waals surface area (Å²) in [6.07, 6.45) is -4.43. The fraction of sp³-hybridized carbons (Fsp3) is 0.200. The summed E-state index contributed by atoms with van der Waals surface area (Å²) >= 11 is 5.84. The van der Waals surface area contributed by atoms with E-state index in [0.717, 1.165) is 18.2 Å². The summed E-state index contributed by atoms with van der Waals surface area (Å²) in [5.74, 6) is -0.482. The van der Waals surface area contributed by atoms with E-state index in [2.05, 4.69) is 0 Å². The van der Waals surface area contributed by atoms with E-state index in [1.807, 2.05) is 0 Å². The normalized spacial score (nSPS) is 13.1. The van der Waals surface area contributed by atoms with Gasteiger partial charge in [-0.15, -0.1) is 0 Å². The smallest absolute Gasteiger partial charge is 0.259 e. The van der Waals surface area contributed by atoms with Gasteiger partial charge in [-0.2, -0.15) is 13.2 Å². The van der Waals surface area contributed by atoms with Crippen LogP contribution in [0.4, 0.5) is 17.6 Å². The summed E-state index contributed by atoms with van der Waals surface area (Å²) in [5, 5.41) is 0.150. The molecule has 0 saturated heterocycles. The number of benzene rings is 2. The summed E-state index contributed by atoms with van der Waals surface area (Å²) in [5.41, 5.74) is 0.0431. The molecule has 0 N–H and O–H groups in total. The van der Waals surface area contributed by atoms with E-state index in [4.69, 9.17) is 11.6 Å². The van der Waals surface area contributed by atoms with E-state index < -0.39 is 28.4 Å². The van der Waals surface area contributed by atoms with Gasteiger partial charge in [0.05, 0.1) is 11.3 Å². The van der Waals surface area contributed by atoms with Gasteiger partial charge in [0.2, 0.25) is 0 Å². The largest absolute Gasteiger partial charge is 0.416 e. The third kappa shape index (κ3) is 4.55. The summed E-state index contributed by atoms with van der Waals surface area (Å²) in [6.45, 7) is 0. The molecule has 1 nitrogen and oxygen atoms in total. The second-order valence-corrected chi connectivity index (χ2v) is 6.53. The highest BCUT2D eigenvalue weighted by molar-refractivity contribution is 7.83. The van der Waals surface area contributed by atoms with Crippen molar-refractivity contribution in [1.29, 1.82) is 0 Å². The van der Waals surface area contributed by atoms with E-state index >= 15 is 0 Å². The minimum atomic E-state index is -4.43. The molecule has 118 valence electrons. The molecule has 1 atom stereocenters. The topological polar surface area (TPSA) is 17.1 Å². The zero-order valence-electron chi connectivity index (χ0n) is 11.2. The molecule has 0 saturated carbocycles. The third-order valence-corrected chi connectivity index (χ3v) is 4.55. The van der Waals surface area contributed by atoms with E-state index in [1.54, 1.807) is 0 Å². The molecule has 0 spiro atoms. The number of halogens is 5. The molecule has 2 rings (SSSR count). The maximum atomic E-state index is 12.9. The van der Waals surface area contributed by atoms with E-state index in [9.17, 15) is 21.8 Å². The van der Waals surface area contributed by atoms with Crippen molar-refractivity contribution in [2.75, 3.05) is 0 Å². The van der Waals surface area contributed by atoms with Crippen molar-refractivity contribution in [2.45, 2.75) is 17.7 Å². The quantitative estimate of drug-likeness (QED) is 0.713. The minimum Gasteiger partial charge on any atom is -0.259 e. The molecule has 0 aromatic heterocycles. The second kappa shape index (κ2) is 6.79. The Balaban J connectivity index is 2.09. The number of hydrogen-bond donors (Lipinski definition) is 0. The van der Waals surface area contributed by atoms with Crippen molar-refractivity contribution in [3.8, 4) is 0 Å². The fourth-order valence-electron chi connectivity index (χ4n) is 1.89. The van der Waals surface area contributed by atoms with E-state index in [1.165, 1.54) is 24.3 Å². The van der Waals surface area contributed by atoms with Crippen molar-refractivity contribution in [3.63, 3.8) is 0 Å². The zero-order valence-corrected chi connectivity index (χ0v) is 12.7. The van der Waals surface area contributed by atoms with Crippen LogP contribution < -0.4 is 0 Å². The van der Waals surface area contributed by atoms with Gasteiger partial charge in [0.15, 0.2) is 0 Å². The Hall–Kier alpha value is -1.40. The molecule has 0 bridgehead atoms. The van der Waals surface area contributed by atoms with Crippen LogP contribution in [0, 0.1) is 5.82 Å². The molecule has 0 fully saturated rings. The van der Waals surface area contributed by atoms with Gasteiger partial charge in [-0.05, 0) is 29.3 Å². The molecule has 0 radical (unpaired) electrons. The molecule has 22 heavy (non-hydrogen) atoms. The van der Waals surface area contributed by atoms with Crippen molar-refractivity contribution < 1.29 is 21.8 Å². The average molecular weight is 351 g/mol. The van der Waals surface area contributed by atoms with Crippen molar-refractivity contribution in [3.05, 3.63) is 70.0 Å². The first-order valence-electron chi connectivity index (χ1n) is 6.21. The molecule has 0 aliphatic heterocycles. The Morgan fingerprint density at radius 1 is 1.05 bits per heavy atom. The van der Waals surface area contributed by atoms with Crippen LogP contribution in [0.5, 0.6) is 0 Å². The third-order valence-electron chi connectivity index (χ3n) is 2.91. The molecule has 2 aromatic carbocycles. The van der Waals surface area contributed by atoms with Crippen molar-refractivity contribution in [2.24, 2.45) is 0 Å². The predicted molar refractivity (Wildman–Crippen MR) is 78.4 cm³/mol. The zero-order chi connectivity index (χ0) is 16.3. The minimum absolute atomic E-state index is 0.0301. The van der Waals surface area contributed by atoms with Crippen LogP contribution in [0.3, 0.4) is 0 Å². The summed E-state index contributed by atoms with van der Waals surface area (Å²) in [7, 11) is -1.45. The second-order valence-electron chi connectivity index (χ2n) is 4.66. The highest BCUT2D eigenvalue weighted by Crippen LogP contribution is 2.30. The molecule has 2 aromatic rings. The van der Waals surface area contributed by atoms with Gasteiger partial charge >= 0.3 is 6.18 Å². The lowest BCUT2D eigenvalue weighted by Gasteiger charge is -2.09. The Kier molecular flexibility index (Phi) is 5.24. The van der Waals surface area contributed by atoms with Crippen molar-refractivity contribution in [1.82, 2.24) is 0 Å². The molecule has 0 aliphatic rings. The average Bonchev–Trinajstić information content (AvgIpc) is 2.41. The number of rotatable bonds is 4. The van der Waals surface area contributed by atoms with Crippen LogP contribution in [-0.4, -0.2) is 4.21 Å². The maximum absolute atomic E-state index is 12.9. The van der Waals surface area contributed by atoms with E-state index in [0.29, 0.717) is 11.1 Å². The van der Waals surface area contributed by atoms with E-state index in [-0.39, 0.29) is 16.5 Å². The van der Waals surface area contributed by atoms with Gasteiger partial charge in [0.1, 0.15) is 5.82 Å². The molecule has 0 amide bonds. The molecule has 1 unspecified atom stereocenters. The van der Waals surface area contributed by atoms with Gasteiger partial charge in [0.25, 0.3) is 0 Å². The van der Waals surface area contributed by atoms with Crippen LogP contribution in [0.25, 0.3) is 0 Å².